The SMILES string of the molecule is CC(=O)CCNC(=O)CCOCCOCCOCCOCCO. The fourth-order valence-electron chi connectivity index (χ4n) is 1.46. The molecule has 8 heteroatoms. The lowest BCUT2D eigenvalue weighted by molar-refractivity contribution is -0.122. The second-order valence-electron chi connectivity index (χ2n) is 4.73. The van der Waals surface area contributed by atoms with Crippen LogP contribution in [0.3, 0.4) is 0 Å². The van der Waals surface area contributed by atoms with E-state index in [0.717, 1.165) is 0 Å². The van der Waals surface area contributed by atoms with Crippen molar-refractivity contribution < 1.29 is 33.6 Å². The molecule has 0 aromatic heterocycles. The fraction of sp³-hybridized carbons (Fsp3) is 0.867. The molecular formula is C15H29NO7. The van der Waals surface area contributed by atoms with E-state index < -0.39 is 0 Å². The highest BCUT2D eigenvalue weighted by atomic mass is 16.6. The van der Waals surface area contributed by atoms with E-state index in [9.17, 15) is 9.59 Å². The average molecular weight is 335 g/mol. The summed E-state index contributed by atoms with van der Waals surface area (Å²) in [5.74, 6) is -0.0654. The van der Waals surface area contributed by atoms with Gasteiger partial charge in [0.1, 0.15) is 5.78 Å². The van der Waals surface area contributed by atoms with Crippen LogP contribution >= 0.6 is 0 Å². The quantitative estimate of drug-likeness (QED) is 0.346. The van der Waals surface area contributed by atoms with Crippen LogP contribution in [0.1, 0.15) is 19.8 Å². The predicted molar refractivity (Wildman–Crippen MR) is 83.3 cm³/mol. The molecule has 136 valence electrons. The number of carbonyl (C=O) groups is 2. The third-order valence-electron chi connectivity index (χ3n) is 2.62. The zero-order chi connectivity index (χ0) is 17.2. The van der Waals surface area contributed by atoms with Crippen molar-refractivity contribution in [3.63, 3.8) is 0 Å². The summed E-state index contributed by atoms with van der Waals surface area (Å²) in [7, 11) is 0. The van der Waals surface area contributed by atoms with Crippen LogP contribution < -0.4 is 5.32 Å². The molecule has 2 N–H and O–H groups in total. The normalized spacial score (nSPS) is 10.7. The van der Waals surface area contributed by atoms with E-state index in [4.69, 9.17) is 24.1 Å². The molecule has 23 heavy (non-hydrogen) atoms. The molecule has 0 aliphatic carbocycles. The molecular weight excluding hydrogens is 306 g/mol. The number of amides is 1. The largest absolute Gasteiger partial charge is 0.394 e. The van der Waals surface area contributed by atoms with Gasteiger partial charge >= 0.3 is 0 Å². The van der Waals surface area contributed by atoms with Crippen molar-refractivity contribution in [3.8, 4) is 0 Å². The Kier molecular flexibility index (Phi) is 16.5. The molecule has 0 radical (unpaired) electrons. The summed E-state index contributed by atoms with van der Waals surface area (Å²) in [4.78, 5) is 22.0. The molecule has 0 aromatic carbocycles. The Labute approximate surface area is 137 Å². The zero-order valence-corrected chi connectivity index (χ0v) is 13.9. The van der Waals surface area contributed by atoms with E-state index in [1.165, 1.54) is 6.92 Å². The lowest BCUT2D eigenvalue weighted by atomic mass is 10.3. The number of hydrogen-bond acceptors (Lipinski definition) is 7. The van der Waals surface area contributed by atoms with Crippen LogP contribution in [0.2, 0.25) is 0 Å². The van der Waals surface area contributed by atoms with Gasteiger partial charge in [-0.2, -0.15) is 0 Å². The number of nitrogens with one attached hydrogen (secondary N) is 1. The fourth-order valence-corrected chi connectivity index (χ4v) is 1.46. The summed E-state index contributed by atoms with van der Waals surface area (Å²) >= 11 is 0. The number of Topliss-reactive ketones (excluding diaryl/α,β-unsaturated/α-hetero) is 1. The van der Waals surface area contributed by atoms with Crippen molar-refractivity contribution in [3.05, 3.63) is 0 Å². The highest BCUT2D eigenvalue weighted by Gasteiger charge is 2.01. The first-order chi connectivity index (χ1) is 11.2. The number of aliphatic hydroxyl groups excluding tert-OH is 1. The Balaban J connectivity index is 3.12. The highest BCUT2D eigenvalue weighted by molar-refractivity contribution is 5.78. The van der Waals surface area contributed by atoms with Crippen LogP contribution in [0.25, 0.3) is 0 Å². The van der Waals surface area contributed by atoms with Crippen molar-refractivity contribution in [2.24, 2.45) is 0 Å². The second-order valence-corrected chi connectivity index (χ2v) is 4.73. The van der Waals surface area contributed by atoms with Crippen LogP contribution in [0.15, 0.2) is 0 Å². The van der Waals surface area contributed by atoms with Crippen LogP contribution in [0.5, 0.6) is 0 Å². The first-order valence-electron chi connectivity index (χ1n) is 7.84. The maximum atomic E-state index is 11.4. The molecule has 0 rings (SSSR count). The van der Waals surface area contributed by atoms with Crippen LogP contribution in [0, 0.1) is 0 Å². The summed E-state index contributed by atoms with van der Waals surface area (Å²) in [6.07, 6.45) is 0.630. The molecule has 0 bridgehead atoms. The van der Waals surface area contributed by atoms with Gasteiger partial charge in [0.2, 0.25) is 5.91 Å². The van der Waals surface area contributed by atoms with Crippen LogP contribution in [-0.4, -0.2) is 82.8 Å². The summed E-state index contributed by atoms with van der Waals surface area (Å²) in [5, 5.41) is 11.1. The lowest BCUT2D eigenvalue weighted by Gasteiger charge is -2.07. The van der Waals surface area contributed by atoms with Gasteiger partial charge in [0, 0.05) is 19.4 Å². The number of ketones is 1. The van der Waals surface area contributed by atoms with Gasteiger partial charge in [-0.15, -0.1) is 0 Å². The molecule has 0 saturated heterocycles. The molecule has 0 fully saturated rings. The molecule has 0 aromatic rings. The predicted octanol–water partition coefficient (Wildman–Crippen LogP) is -0.469. The van der Waals surface area contributed by atoms with Crippen molar-refractivity contribution in [2.75, 3.05) is 66.0 Å². The summed E-state index contributed by atoms with van der Waals surface area (Å²) < 4.78 is 20.8. The van der Waals surface area contributed by atoms with E-state index in [-0.39, 0.29) is 24.7 Å². The Morgan fingerprint density at radius 2 is 1.26 bits per heavy atom. The standard InChI is InChI=1S/C15H29NO7/c1-14(18)2-4-16-15(19)3-6-20-8-10-22-12-13-23-11-9-21-7-5-17/h17H,2-13H2,1H3,(H,16,19). The van der Waals surface area contributed by atoms with Crippen molar-refractivity contribution >= 4 is 11.7 Å². The van der Waals surface area contributed by atoms with Crippen molar-refractivity contribution in [1.29, 1.82) is 0 Å². The molecule has 0 heterocycles. The van der Waals surface area contributed by atoms with E-state index in [2.05, 4.69) is 5.32 Å². The third kappa shape index (κ3) is 18.9. The molecule has 0 aliphatic rings. The van der Waals surface area contributed by atoms with Crippen molar-refractivity contribution in [2.45, 2.75) is 19.8 Å². The minimum absolute atomic E-state index is 0.0170. The van der Waals surface area contributed by atoms with E-state index in [1.807, 2.05) is 0 Å². The average Bonchev–Trinajstić information content (AvgIpc) is 2.51. The van der Waals surface area contributed by atoms with Crippen molar-refractivity contribution in [1.82, 2.24) is 5.32 Å². The van der Waals surface area contributed by atoms with E-state index >= 15 is 0 Å². The maximum absolute atomic E-state index is 11.4. The minimum Gasteiger partial charge on any atom is -0.394 e. The van der Waals surface area contributed by atoms with E-state index in [0.29, 0.717) is 65.8 Å². The third-order valence-corrected chi connectivity index (χ3v) is 2.62. The zero-order valence-electron chi connectivity index (χ0n) is 13.9. The van der Waals surface area contributed by atoms with Crippen LogP contribution in [0.4, 0.5) is 0 Å². The molecule has 8 nitrogen and oxygen atoms in total. The Hall–Kier alpha value is -1.06. The molecule has 0 spiro atoms. The summed E-state index contributed by atoms with van der Waals surface area (Å²) in [5.41, 5.74) is 0. The van der Waals surface area contributed by atoms with Gasteiger partial charge in [0.25, 0.3) is 0 Å². The highest BCUT2D eigenvalue weighted by Crippen LogP contribution is 1.87. The van der Waals surface area contributed by atoms with Gasteiger partial charge < -0.3 is 29.4 Å². The number of carbonyl (C=O) groups excluding carboxylic acids is 2. The monoisotopic (exact) mass is 335 g/mol. The van der Waals surface area contributed by atoms with Gasteiger partial charge in [0.15, 0.2) is 0 Å². The minimum atomic E-state index is -0.121. The Morgan fingerprint density at radius 1 is 0.783 bits per heavy atom. The number of rotatable bonds is 17. The van der Waals surface area contributed by atoms with Gasteiger partial charge in [-0.3, -0.25) is 9.59 Å². The van der Waals surface area contributed by atoms with E-state index in [1.54, 1.807) is 0 Å². The first kappa shape index (κ1) is 21.9. The Bertz CT molecular complexity index is 300. The smallest absolute Gasteiger partial charge is 0.222 e. The first-order valence-corrected chi connectivity index (χ1v) is 7.84. The molecule has 0 aliphatic heterocycles. The van der Waals surface area contributed by atoms with Gasteiger partial charge in [-0.05, 0) is 6.92 Å². The van der Waals surface area contributed by atoms with Gasteiger partial charge in [-0.1, -0.05) is 0 Å². The van der Waals surface area contributed by atoms with Crippen LogP contribution in [-0.2, 0) is 28.5 Å². The summed E-state index contributed by atoms with van der Waals surface area (Å²) in [6, 6.07) is 0. The number of hydrogen-bond donors (Lipinski definition) is 2. The maximum Gasteiger partial charge on any atom is 0.222 e. The van der Waals surface area contributed by atoms with Gasteiger partial charge in [0.05, 0.1) is 59.5 Å². The molecule has 1 amide bonds. The Morgan fingerprint density at radius 3 is 1.74 bits per heavy atom. The topological polar surface area (TPSA) is 103 Å². The number of ether oxygens (including phenoxy) is 4. The second kappa shape index (κ2) is 17.3. The molecule has 0 unspecified atom stereocenters. The lowest BCUT2D eigenvalue weighted by Crippen LogP contribution is -2.26. The molecule has 0 saturated carbocycles. The number of aliphatic hydroxyl groups is 1. The van der Waals surface area contributed by atoms with Gasteiger partial charge in [-0.25, -0.2) is 0 Å². The molecule has 0 atom stereocenters. The summed E-state index contributed by atoms with van der Waals surface area (Å²) in [6.45, 7) is 5.26.